The van der Waals surface area contributed by atoms with Crippen molar-refractivity contribution in [3.8, 4) is 0 Å². The predicted molar refractivity (Wildman–Crippen MR) is 69.1 cm³/mol. The molecule has 116 valence electrons. The molecule has 8 heteroatoms. The highest BCUT2D eigenvalue weighted by Crippen LogP contribution is 2.21. The number of rotatable bonds is 7. The summed E-state index contributed by atoms with van der Waals surface area (Å²) in [5.41, 5.74) is 0.237. The van der Waals surface area contributed by atoms with Gasteiger partial charge >= 0.3 is 0 Å². The molecular formula is C13H18N2O6. The van der Waals surface area contributed by atoms with E-state index in [4.69, 9.17) is 8.83 Å². The summed E-state index contributed by atoms with van der Waals surface area (Å²) in [5.74, 6) is 0.911. The minimum Gasteiger partial charge on any atom is -0.448 e. The molecule has 2 rings (SSSR count). The lowest BCUT2D eigenvalue weighted by Gasteiger charge is -2.21. The topological polar surface area (TPSA) is 133 Å². The van der Waals surface area contributed by atoms with Gasteiger partial charge in [0.05, 0.1) is 24.8 Å². The van der Waals surface area contributed by atoms with Crippen molar-refractivity contribution in [3.05, 3.63) is 36.2 Å². The molecule has 0 aliphatic carbocycles. The summed E-state index contributed by atoms with van der Waals surface area (Å²) < 4.78 is 10.3. The van der Waals surface area contributed by atoms with Gasteiger partial charge < -0.3 is 29.3 Å². The van der Waals surface area contributed by atoms with Crippen LogP contribution in [0.3, 0.4) is 0 Å². The summed E-state index contributed by atoms with van der Waals surface area (Å²) >= 11 is 0. The van der Waals surface area contributed by atoms with E-state index in [-0.39, 0.29) is 12.1 Å². The van der Waals surface area contributed by atoms with Gasteiger partial charge in [-0.05, 0) is 6.92 Å². The highest BCUT2D eigenvalue weighted by molar-refractivity contribution is 5.06. The van der Waals surface area contributed by atoms with E-state index in [1.807, 2.05) is 0 Å². The van der Waals surface area contributed by atoms with Gasteiger partial charge in [0.2, 0.25) is 5.89 Å². The minimum absolute atomic E-state index is 0.166. The average Bonchev–Trinajstić information content (AvgIpc) is 3.09. The highest BCUT2D eigenvalue weighted by Gasteiger charge is 2.26. The van der Waals surface area contributed by atoms with Crippen LogP contribution in [0.4, 0.5) is 0 Å². The van der Waals surface area contributed by atoms with Crippen LogP contribution in [-0.2, 0) is 6.42 Å². The standard InChI is InChI=1S/C13H18N2O6/c1-7(16)13(19)11(18)3-10(17)9-5-20-12(15-9)2-8-4-14-6-21-8/h4-7,10-11,13,16-19H,2-3H2,1H3. The third-order valence-electron chi connectivity index (χ3n) is 3.07. The van der Waals surface area contributed by atoms with Crippen LogP contribution in [0.2, 0.25) is 0 Å². The summed E-state index contributed by atoms with van der Waals surface area (Å²) in [6.07, 6.45) is -0.573. The number of aromatic nitrogens is 2. The zero-order valence-electron chi connectivity index (χ0n) is 11.5. The van der Waals surface area contributed by atoms with Gasteiger partial charge in [0.25, 0.3) is 0 Å². The lowest BCUT2D eigenvalue weighted by molar-refractivity contribution is -0.0679. The van der Waals surface area contributed by atoms with Crippen LogP contribution in [0, 0.1) is 0 Å². The van der Waals surface area contributed by atoms with Crippen molar-refractivity contribution in [3.63, 3.8) is 0 Å². The van der Waals surface area contributed by atoms with E-state index >= 15 is 0 Å². The molecule has 0 bridgehead atoms. The van der Waals surface area contributed by atoms with Crippen molar-refractivity contribution in [1.29, 1.82) is 0 Å². The lowest BCUT2D eigenvalue weighted by Crippen LogP contribution is -2.36. The van der Waals surface area contributed by atoms with E-state index in [9.17, 15) is 20.4 Å². The van der Waals surface area contributed by atoms with Gasteiger partial charge in [0, 0.05) is 6.42 Å². The largest absolute Gasteiger partial charge is 0.448 e. The van der Waals surface area contributed by atoms with Gasteiger partial charge in [0.1, 0.15) is 29.9 Å². The van der Waals surface area contributed by atoms with Crippen molar-refractivity contribution < 1.29 is 29.3 Å². The SMILES string of the molecule is CC(O)C(O)C(O)CC(O)c1coc(Cc2cnco2)n1. The third-order valence-corrected chi connectivity index (χ3v) is 3.07. The number of nitrogens with zero attached hydrogens (tertiary/aromatic N) is 2. The zero-order valence-corrected chi connectivity index (χ0v) is 11.5. The molecule has 4 atom stereocenters. The Labute approximate surface area is 120 Å². The number of oxazole rings is 2. The summed E-state index contributed by atoms with van der Waals surface area (Å²) in [7, 11) is 0. The second kappa shape index (κ2) is 6.81. The van der Waals surface area contributed by atoms with E-state index in [0.29, 0.717) is 18.1 Å². The Morgan fingerprint density at radius 1 is 1.19 bits per heavy atom. The van der Waals surface area contributed by atoms with Crippen molar-refractivity contribution >= 4 is 0 Å². The number of hydrogen-bond donors (Lipinski definition) is 4. The first kappa shape index (κ1) is 15.6. The molecule has 0 spiro atoms. The molecule has 21 heavy (non-hydrogen) atoms. The molecular weight excluding hydrogens is 280 g/mol. The molecule has 0 saturated carbocycles. The van der Waals surface area contributed by atoms with E-state index in [0.717, 1.165) is 0 Å². The lowest BCUT2D eigenvalue weighted by atomic mass is 10.0. The number of aliphatic hydroxyl groups is 4. The van der Waals surface area contributed by atoms with Crippen molar-refractivity contribution in [2.75, 3.05) is 0 Å². The zero-order chi connectivity index (χ0) is 15.4. The molecule has 0 aromatic carbocycles. The van der Waals surface area contributed by atoms with E-state index < -0.39 is 24.4 Å². The minimum atomic E-state index is -1.33. The fourth-order valence-corrected chi connectivity index (χ4v) is 1.85. The van der Waals surface area contributed by atoms with Crippen LogP contribution in [0.5, 0.6) is 0 Å². The van der Waals surface area contributed by atoms with Gasteiger partial charge in [-0.1, -0.05) is 0 Å². The maximum absolute atomic E-state index is 9.95. The predicted octanol–water partition coefficient (Wildman–Crippen LogP) is -0.221. The van der Waals surface area contributed by atoms with Crippen LogP contribution < -0.4 is 0 Å². The van der Waals surface area contributed by atoms with Crippen LogP contribution >= 0.6 is 0 Å². The Hall–Kier alpha value is -1.74. The number of aliphatic hydroxyl groups excluding tert-OH is 4. The van der Waals surface area contributed by atoms with Gasteiger partial charge in [0.15, 0.2) is 6.39 Å². The van der Waals surface area contributed by atoms with Crippen LogP contribution in [0.1, 0.15) is 36.8 Å². The summed E-state index contributed by atoms with van der Waals surface area (Å²) in [4.78, 5) is 7.85. The van der Waals surface area contributed by atoms with Gasteiger partial charge in [-0.2, -0.15) is 0 Å². The molecule has 0 aliphatic heterocycles. The smallest absolute Gasteiger partial charge is 0.201 e. The molecule has 2 aromatic heterocycles. The molecule has 0 saturated heterocycles. The summed E-state index contributed by atoms with van der Waals surface area (Å²) in [6.45, 7) is 1.35. The second-order valence-corrected chi connectivity index (χ2v) is 4.86. The second-order valence-electron chi connectivity index (χ2n) is 4.86. The fourth-order valence-electron chi connectivity index (χ4n) is 1.85. The first-order valence-electron chi connectivity index (χ1n) is 6.51. The fraction of sp³-hybridized carbons (Fsp3) is 0.538. The van der Waals surface area contributed by atoms with E-state index in [1.165, 1.54) is 25.8 Å². The van der Waals surface area contributed by atoms with E-state index in [1.54, 1.807) is 0 Å². The Bertz CT molecular complexity index is 539. The van der Waals surface area contributed by atoms with Crippen molar-refractivity contribution in [1.82, 2.24) is 9.97 Å². The molecule has 2 aromatic rings. The van der Waals surface area contributed by atoms with Crippen LogP contribution in [-0.4, -0.2) is 48.7 Å². The number of hydrogen-bond acceptors (Lipinski definition) is 8. The van der Waals surface area contributed by atoms with Crippen molar-refractivity contribution in [2.45, 2.75) is 44.2 Å². The van der Waals surface area contributed by atoms with Gasteiger partial charge in [-0.25, -0.2) is 9.97 Å². The average molecular weight is 298 g/mol. The molecule has 8 nitrogen and oxygen atoms in total. The normalized spacial score (nSPS) is 17.4. The maximum Gasteiger partial charge on any atom is 0.201 e. The van der Waals surface area contributed by atoms with Gasteiger partial charge in [-0.15, -0.1) is 0 Å². The molecule has 0 fully saturated rings. The first-order valence-corrected chi connectivity index (χ1v) is 6.51. The Kier molecular flexibility index (Phi) is 5.07. The van der Waals surface area contributed by atoms with E-state index in [2.05, 4.69) is 9.97 Å². The molecule has 2 heterocycles. The molecule has 0 aliphatic rings. The quantitative estimate of drug-likeness (QED) is 0.551. The Morgan fingerprint density at radius 3 is 2.57 bits per heavy atom. The Morgan fingerprint density at radius 2 is 1.95 bits per heavy atom. The maximum atomic E-state index is 9.95. The third kappa shape index (κ3) is 4.11. The molecule has 4 N–H and O–H groups in total. The first-order chi connectivity index (χ1) is 9.97. The van der Waals surface area contributed by atoms with Crippen molar-refractivity contribution in [2.24, 2.45) is 0 Å². The molecule has 0 amide bonds. The molecule has 0 radical (unpaired) electrons. The monoisotopic (exact) mass is 298 g/mol. The van der Waals surface area contributed by atoms with Gasteiger partial charge in [-0.3, -0.25) is 0 Å². The van der Waals surface area contributed by atoms with Crippen LogP contribution in [0.25, 0.3) is 0 Å². The summed E-state index contributed by atoms with van der Waals surface area (Å²) in [6, 6.07) is 0. The Balaban J connectivity index is 1.94. The van der Waals surface area contributed by atoms with Crippen LogP contribution in [0.15, 0.2) is 27.7 Å². The highest BCUT2D eigenvalue weighted by atomic mass is 16.4. The summed E-state index contributed by atoms with van der Waals surface area (Å²) in [5, 5.41) is 38.3. The molecule has 4 unspecified atom stereocenters.